The summed E-state index contributed by atoms with van der Waals surface area (Å²) in [6.45, 7) is 0.968. The lowest BCUT2D eigenvalue weighted by Crippen LogP contribution is -2.09. The molecule has 2 rings (SSSR count). The van der Waals surface area contributed by atoms with E-state index in [1.165, 1.54) is 19.5 Å². The van der Waals surface area contributed by atoms with Gasteiger partial charge in [0.25, 0.3) is 0 Å². The second-order valence-corrected chi connectivity index (χ2v) is 4.05. The molecule has 2 aromatic rings. The fraction of sp³-hybridized carbons (Fsp3) is 0.250. The molecule has 0 atom stereocenters. The highest BCUT2D eigenvalue weighted by Crippen LogP contribution is 2.25. The summed E-state index contributed by atoms with van der Waals surface area (Å²) in [5, 5.41) is 4.31. The van der Waals surface area contributed by atoms with Crippen molar-refractivity contribution < 1.29 is 14.3 Å². The Labute approximate surface area is 114 Å². The Kier molecular flexibility index (Phi) is 4.35. The van der Waals surface area contributed by atoms with Crippen LogP contribution in [0, 0.1) is 0 Å². The van der Waals surface area contributed by atoms with E-state index in [1.54, 1.807) is 23.1 Å². The Morgan fingerprint density at radius 3 is 2.95 bits per heavy atom. The summed E-state index contributed by atoms with van der Waals surface area (Å²) < 4.78 is 11.8. The molecule has 0 aliphatic heterocycles. The Balaban J connectivity index is 1.95. The molecule has 7 heteroatoms. The van der Waals surface area contributed by atoms with Crippen molar-refractivity contribution >= 4 is 17.6 Å². The van der Waals surface area contributed by atoms with Crippen LogP contribution in [0.25, 0.3) is 0 Å². The third-order valence-electron chi connectivity index (χ3n) is 2.40. The molecule has 19 heavy (non-hydrogen) atoms. The average molecular weight is 282 g/mol. The van der Waals surface area contributed by atoms with E-state index in [-0.39, 0.29) is 0 Å². The Bertz CT molecular complexity index is 557. The molecule has 1 aromatic carbocycles. The first kappa shape index (κ1) is 13.4. The first-order valence-electron chi connectivity index (χ1n) is 5.54. The zero-order valence-corrected chi connectivity index (χ0v) is 11.0. The second kappa shape index (κ2) is 6.19. The molecule has 0 unspecified atom stereocenters. The maximum atomic E-state index is 11.3. The third kappa shape index (κ3) is 3.45. The van der Waals surface area contributed by atoms with Gasteiger partial charge in [-0.3, -0.25) is 0 Å². The highest BCUT2D eigenvalue weighted by molar-refractivity contribution is 6.32. The summed E-state index contributed by atoms with van der Waals surface area (Å²) in [6.07, 6.45) is 3.06. The molecule has 0 saturated carbocycles. The van der Waals surface area contributed by atoms with Gasteiger partial charge in [0.1, 0.15) is 25.0 Å². The van der Waals surface area contributed by atoms with E-state index in [4.69, 9.17) is 16.3 Å². The van der Waals surface area contributed by atoms with Crippen LogP contribution in [0.1, 0.15) is 10.4 Å². The maximum Gasteiger partial charge on any atom is 0.337 e. The van der Waals surface area contributed by atoms with E-state index >= 15 is 0 Å². The summed E-state index contributed by atoms with van der Waals surface area (Å²) in [5.41, 5.74) is 0.385. The van der Waals surface area contributed by atoms with Crippen molar-refractivity contribution in [2.24, 2.45) is 0 Å². The van der Waals surface area contributed by atoms with Gasteiger partial charge in [-0.15, -0.1) is 0 Å². The number of hydrogen-bond donors (Lipinski definition) is 0. The van der Waals surface area contributed by atoms with Crippen LogP contribution in [0.2, 0.25) is 5.02 Å². The topological polar surface area (TPSA) is 66.2 Å². The standard InChI is InChI=1S/C12H12ClN3O3/c1-18-12(17)9-2-3-11(10(13)6-9)19-5-4-16-8-14-7-15-16/h2-3,6-8H,4-5H2,1H3. The molecule has 0 amide bonds. The Morgan fingerprint density at radius 1 is 1.47 bits per heavy atom. The van der Waals surface area contributed by atoms with Crippen molar-refractivity contribution in [3.05, 3.63) is 41.4 Å². The monoisotopic (exact) mass is 281 g/mol. The van der Waals surface area contributed by atoms with Crippen LogP contribution in [0.4, 0.5) is 0 Å². The minimum Gasteiger partial charge on any atom is -0.490 e. The normalized spacial score (nSPS) is 10.2. The first-order valence-corrected chi connectivity index (χ1v) is 5.91. The number of esters is 1. The quantitative estimate of drug-likeness (QED) is 0.782. The van der Waals surface area contributed by atoms with E-state index in [2.05, 4.69) is 14.8 Å². The van der Waals surface area contributed by atoms with Gasteiger partial charge in [0, 0.05) is 0 Å². The lowest BCUT2D eigenvalue weighted by Gasteiger charge is -2.08. The predicted molar refractivity (Wildman–Crippen MR) is 68.3 cm³/mol. The van der Waals surface area contributed by atoms with Crippen molar-refractivity contribution in [3.8, 4) is 5.75 Å². The number of rotatable bonds is 5. The van der Waals surface area contributed by atoms with E-state index in [9.17, 15) is 4.79 Å². The number of carbonyl (C=O) groups is 1. The minimum absolute atomic E-state index is 0.362. The Hall–Kier alpha value is -2.08. The van der Waals surface area contributed by atoms with E-state index < -0.39 is 5.97 Å². The van der Waals surface area contributed by atoms with Gasteiger partial charge in [0.15, 0.2) is 0 Å². The van der Waals surface area contributed by atoms with Gasteiger partial charge in [-0.2, -0.15) is 5.10 Å². The fourth-order valence-electron chi connectivity index (χ4n) is 1.46. The number of halogens is 1. The number of aromatic nitrogens is 3. The predicted octanol–water partition coefficient (Wildman–Crippen LogP) is 1.80. The van der Waals surface area contributed by atoms with Gasteiger partial charge < -0.3 is 9.47 Å². The van der Waals surface area contributed by atoms with Crippen LogP contribution >= 0.6 is 11.6 Å². The molecule has 0 aliphatic rings. The van der Waals surface area contributed by atoms with Gasteiger partial charge in [-0.1, -0.05) is 11.6 Å². The number of benzene rings is 1. The average Bonchev–Trinajstić information content (AvgIpc) is 2.93. The van der Waals surface area contributed by atoms with Crippen molar-refractivity contribution in [2.45, 2.75) is 6.54 Å². The third-order valence-corrected chi connectivity index (χ3v) is 2.69. The van der Waals surface area contributed by atoms with Gasteiger partial charge in [-0.25, -0.2) is 14.5 Å². The van der Waals surface area contributed by atoms with Crippen LogP contribution in [0.5, 0.6) is 5.75 Å². The molecule has 1 heterocycles. The van der Waals surface area contributed by atoms with Crippen molar-refractivity contribution in [2.75, 3.05) is 13.7 Å². The highest BCUT2D eigenvalue weighted by atomic mass is 35.5. The number of methoxy groups -OCH3 is 1. The number of carbonyl (C=O) groups excluding carboxylic acids is 1. The zero-order valence-electron chi connectivity index (χ0n) is 10.2. The van der Waals surface area contributed by atoms with Crippen LogP contribution < -0.4 is 4.74 Å². The van der Waals surface area contributed by atoms with Crippen LogP contribution in [-0.4, -0.2) is 34.5 Å². The maximum absolute atomic E-state index is 11.3. The summed E-state index contributed by atoms with van der Waals surface area (Å²) >= 11 is 6.02. The molecule has 0 saturated heterocycles. The lowest BCUT2D eigenvalue weighted by molar-refractivity contribution is 0.0600. The van der Waals surface area contributed by atoms with E-state index in [0.29, 0.717) is 29.5 Å². The summed E-state index contributed by atoms with van der Waals surface area (Å²) in [7, 11) is 1.32. The molecule has 6 nitrogen and oxygen atoms in total. The SMILES string of the molecule is COC(=O)c1ccc(OCCn2cncn2)c(Cl)c1. The molecule has 1 aromatic heterocycles. The largest absolute Gasteiger partial charge is 0.490 e. The first-order chi connectivity index (χ1) is 9.20. The molecular formula is C12H12ClN3O3. The van der Waals surface area contributed by atoms with Gasteiger partial charge in [-0.05, 0) is 18.2 Å². The molecular weight excluding hydrogens is 270 g/mol. The fourth-order valence-corrected chi connectivity index (χ4v) is 1.70. The zero-order chi connectivity index (χ0) is 13.7. The van der Waals surface area contributed by atoms with E-state index in [1.807, 2.05) is 0 Å². The van der Waals surface area contributed by atoms with Crippen molar-refractivity contribution in [1.29, 1.82) is 0 Å². The Morgan fingerprint density at radius 2 is 2.32 bits per heavy atom. The smallest absolute Gasteiger partial charge is 0.337 e. The molecule has 0 N–H and O–H groups in total. The minimum atomic E-state index is -0.434. The molecule has 0 aliphatic carbocycles. The highest BCUT2D eigenvalue weighted by Gasteiger charge is 2.09. The summed E-state index contributed by atoms with van der Waals surface area (Å²) in [5.74, 6) is 0.0745. The molecule has 0 fully saturated rings. The van der Waals surface area contributed by atoms with Crippen LogP contribution in [0.15, 0.2) is 30.9 Å². The molecule has 0 bridgehead atoms. The van der Waals surface area contributed by atoms with E-state index in [0.717, 1.165) is 0 Å². The molecule has 0 spiro atoms. The summed E-state index contributed by atoms with van der Waals surface area (Å²) in [4.78, 5) is 15.1. The molecule has 100 valence electrons. The van der Waals surface area contributed by atoms with Crippen LogP contribution in [0.3, 0.4) is 0 Å². The summed E-state index contributed by atoms with van der Waals surface area (Å²) in [6, 6.07) is 4.75. The number of nitrogens with zero attached hydrogens (tertiary/aromatic N) is 3. The van der Waals surface area contributed by atoms with Crippen molar-refractivity contribution in [1.82, 2.24) is 14.8 Å². The van der Waals surface area contributed by atoms with Gasteiger partial charge >= 0.3 is 5.97 Å². The van der Waals surface area contributed by atoms with Crippen LogP contribution in [-0.2, 0) is 11.3 Å². The van der Waals surface area contributed by atoms with Gasteiger partial charge in [0.2, 0.25) is 0 Å². The number of ether oxygens (including phenoxy) is 2. The number of hydrogen-bond acceptors (Lipinski definition) is 5. The molecule has 0 radical (unpaired) electrons. The second-order valence-electron chi connectivity index (χ2n) is 3.64. The van der Waals surface area contributed by atoms with Gasteiger partial charge in [0.05, 0.1) is 24.2 Å². The van der Waals surface area contributed by atoms with Crippen molar-refractivity contribution in [3.63, 3.8) is 0 Å². The lowest BCUT2D eigenvalue weighted by atomic mass is 10.2.